The van der Waals surface area contributed by atoms with E-state index >= 15 is 0 Å². The van der Waals surface area contributed by atoms with E-state index in [0.29, 0.717) is 23.5 Å². The number of carbonyl (C=O) groups excluding carboxylic acids is 1. The largest absolute Gasteiger partial charge is 0.493 e. The lowest BCUT2D eigenvalue weighted by molar-refractivity contribution is -0.136. The van der Waals surface area contributed by atoms with Crippen LogP contribution in [-0.2, 0) is 4.79 Å². The lowest BCUT2D eigenvalue weighted by Crippen LogP contribution is -2.32. The predicted octanol–water partition coefficient (Wildman–Crippen LogP) is 3.51. The summed E-state index contributed by atoms with van der Waals surface area (Å²) in [6.07, 6.45) is 0.698. The Morgan fingerprint density at radius 2 is 1.92 bits per heavy atom. The van der Waals surface area contributed by atoms with Crippen molar-refractivity contribution in [2.24, 2.45) is 0 Å². The summed E-state index contributed by atoms with van der Waals surface area (Å²) < 4.78 is 5.62. The quantitative estimate of drug-likeness (QED) is 0.801. The highest BCUT2D eigenvalue weighted by atomic mass is 32.2. The third kappa shape index (κ3) is 3.96. The van der Waals surface area contributed by atoms with Crippen LogP contribution in [0.5, 0.6) is 5.75 Å². The number of amides is 1. The van der Waals surface area contributed by atoms with Gasteiger partial charge in [0.05, 0.1) is 18.2 Å². The van der Waals surface area contributed by atoms with E-state index < -0.39 is 11.2 Å². The van der Waals surface area contributed by atoms with Gasteiger partial charge in [-0.3, -0.25) is 9.59 Å². The number of nitrogens with one attached hydrogen (secondary N) is 1. The Bertz CT molecular complexity index is 792. The Morgan fingerprint density at radius 3 is 2.72 bits per heavy atom. The molecule has 1 aliphatic rings. The van der Waals surface area contributed by atoms with Crippen molar-refractivity contribution in [1.82, 2.24) is 5.32 Å². The number of benzene rings is 2. The van der Waals surface area contributed by atoms with Gasteiger partial charge >= 0.3 is 5.97 Å². The number of carboxylic acids is 1. The Morgan fingerprint density at radius 1 is 1.20 bits per heavy atom. The average Bonchev–Trinajstić information content (AvgIpc) is 2.62. The highest BCUT2D eigenvalue weighted by Gasteiger charge is 2.24. The molecule has 2 aromatic rings. The van der Waals surface area contributed by atoms with Crippen LogP contribution in [0, 0.1) is 0 Å². The van der Waals surface area contributed by atoms with Crippen molar-refractivity contribution < 1.29 is 19.4 Å². The Balaban J connectivity index is 1.80. The van der Waals surface area contributed by atoms with E-state index in [1.54, 1.807) is 31.2 Å². The molecule has 0 fully saturated rings. The molecular weight excluding hydrogens is 338 g/mol. The first kappa shape index (κ1) is 17.4. The zero-order valence-corrected chi connectivity index (χ0v) is 14.6. The van der Waals surface area contributed by atoms with Crippen molar-refractivity contribution in [2.45, 2.75) is 29.5 Å². The van der Waals surface area contributed by atoms with Gasteiger partial charge in [-0.2, -0.15) is 0 Å². The molecule has 0 aliphatic carbocycles. The summed E-state index contributed by atoms with van der Waals surface area (Å²) in [5.41, 5.74) is 1.45. The third-order valence-corrected chi connectivity index (χ3v) is 5.21. The average molecular weight is 357 g/mol. The lowest BCUT2D eigenvalue weighted by Gasteiger charge is -2.27. The number of hydrogen-bond acceptors (Lipinski definition) is 4. The number of hydrogen-bond donors (Lipinski definition) is 2. The third-order valence-electron chi connectivity index (χ3n) is 4.05. The second-order valence-corrected chi connectivity index (χ2v) is 7.18. The number of para-hydroxylation sites is 1. The molecule has 1 heterocycles. The minimum atomic E-state index is -0.904. The molecule has 25 heavy (non-hydrogen) atoms. The summed E-state index contributed by atoms with van der Waals surface area (Å²) >= 11 is 1.17. The van der Waals surface area contributed by atoms with Crippen LogP contribution in [0.15, 0.2) is 53.4 Å². The molecule has 130 valence electrons. The van der Waals surface area contributed by atoms with Gasteiger partial charge in [-0.15, -0.1) is 11.8 Å². The molecule has 0 radical (unpaired) electrons. The van der Waals surface area contributed by atoms with Crippen molar-refractivity contribution in [3.05, 3.63) is 59.7 Å². The second kappa shape index (κ2) is 7.61. The predicted molar refractivity (Wildman–Crippen MR) is 96.2 cm³/mol. The molecule has 2 N–H and O–H groups in total. The van der Waals surface area contributed by atoms with E-state index in [0.717, 1.165) is 11.3 Å². The van der Waals surface area contributed by atoms with Crippen molar-refractivity contribution in [3.8, 4) is 5.75 Å². The van der Waals surface area contributed by atoms with Crippen LogP contribution in [-0.4, -0.2) is 28.8 Å². The number of thioether (sulfide) groups is 1. The van der Waals surface area contributed by atoms with Crippen LogP contribution in [0.25, 0.3) is 0 Å². The number of aliphatic carboxylic acids is 1. The van der Waals surface area contributed by atoms with Crippen LogP contribution >= 0.6 is 11.8 Å². The van der Waals surface area contributed by atoms with E-state index in [1.165, 1.54) is 11.8 Å². The van der Waals surface area contributed by atoms with Crippen molar-refractivity contribution >= 4 is 23.6 Å². The summed E-state index contributed by atoms with van der Waals surface area (Å²) in [5, 5.41) is 11.5. The molecule has 5 nitrogen and oxygen atoms in total. The van der Waals surface area contributed by atoms with Crippen LogP contribution in [0.2, 0.25) is 0 Å². The number of rotatable bonds is 5. The van der Waals surface area contributed by atoms with Gasteiger partial charge in [0.2, 0.25) is 0 Å². The monoisotopic (exact) mass is 357 g/mol. The van der Waals surface area contributed by atoms with Crippen LogP contribution in [0.1, 0.15) is 35.3 Å². The first-order valence-electron chi connectivity index (χ1n) is 8.07. The zero-order chi connectivity index (χ0) is 17.8. The maximum atomic E-state index is 12.8. The molecule has 3 rings (SSSR count). The molecule has 0 spiro atoms. The van der Waals surface area contributed by atoms with Crippen molar-refractivity contribution in [1.29, 1.82) is 0 Å². The van der Waals surface area contributed by atoms with E-state index in [2.05, 4.69) is 5.32 Å². The normalized spacial score (nSPS) is 17.1. The van der Waals surface area contributed by atoms with E-state index in [1.807, 2.05) is 24.3 Å². The molecule has 1 amide bonds. The molecular formula is C19H19NO4S. The highest BCUT2D eigenvalue weighted by molar-refractivity contribution is 8.00. The fraction of sp³-hybridized carbons (Fsp3) is 0.263. The van der Waals surface area contributed by atoms with Gasteiger partial charge < -0.3 is 15.2 Å². The SMILES string of the molecule is CC(Sc1ccccc1C(=O)NC1CCOc2ccccc21)C(=O)O. The molecule has 6 heteroatoms. The molecule has 0 bridgehead atoms. The number of carboxylic acid groups (broad SMARTS) is 1. The molecule has 2 atom stereocenters. The van der Waals surface area contributed by atoms with Crippen LogP contribution in [0.3, 0.4) is 0 Å². The van der Waals surface area contributed by atoms with Gasteiger partial charge in [-0.05, 0) is 25.1 Å². The highest BCUT2D eigenvalue weighted by Crippen LogP contribution is 2.32. The van der Waals surface area contributed by atoms with E-state index in [9.17, 15) is 9.59 Å². The minimum Gasteiger partial charge on any atom is -0.493 e. The summed E-state index contributed by atoms with van der Waals surface area (Å²) in [7, 11) is 0. The first-order valence-corrected chi connectivity index (χ1v) is 8.95. The van der Waals surface area contributed by atoms with Gasteiger partial charge in [0, 0.05) is 16.9 Å². The first-order chi connectivity index (χ1) is 12.1. The zero-order valence-electron chi connectivity index (χ0n) is 13.8. The van der Waals surface area contributed by atoms with Crippen LogP contribution in [0.4, 0.5) is 0 Å². The van der Waals surface area contributed by atoms with E-state index in [4.69, 9.17) is 9.84 Å². The standard InChI is InChI=1S/C19H19NO4S/c1-12(19(22)23)25-17-9-5-3-7-14(17)18(21)20-15-10-11-24-16-8-4-2-6-13(15)16/h2-9,12,15H,10-11H2,1H3,(H,20,21)(H,22,23). The van der Waals surface area contributed by atoms with Gasteiger partial charge in [-0.1, -0.05) is 30.3 Å². The van der Waals surface area contributed by atoms with Crippen molar-refractivity contribution in [2.75, 3.05) is 6.61 Å². The number of fused-ring (bicyclic) bond motifs is 1. The Kier molecular flexibility index (Phi) is 5.28. The Hall–Kier alpha value is -2.47. The smallest absolute Gasteiger partial charge is 0.316 e. The number of ether oxygens (including phenoxy) is 1. The van der Waals surface area contributed by atoms with Gasteiger partial charge in [0.15, 0.2) is 0 Å². The fourth-order valence-electron chi connectivity index (χ4n) is 2.73. The van der Waals surface area contributed by atoms with E-state index in [-0.39, 0.29) is 11.9 Å². The Labute approximate surface area is 150 Å². The van der Waals surface area contributed by atoms with Crippen molar-refractivity contribution in [3.63, 3.8) is 0 Å². The maximum Gasteiger partial charge on any atom is 0.316 e. The van der Waals surface area contributed by atoms with Crippen LogP contribution < -0.4 is 10.1 Å². The molecule has 0 saturated heterocycles. The summed E-state index contributed by atoms with van der Waals surface area (Å²) in [4.78, 5) is 24.5. The molecule has 1 aliphatic heterocycles. The molecule has 2 aromatic carbocycles. The number of carbonyl (C=O) groups is 2. The topological polar surface area (TPSA) is 75.6 Å². The summed E-state index contributed by atoms with van der Waals surface area (Å²) in [6, 6.07) is 14.6. The fourth-order valence-corrected chi connectivity index (χ4v) is 3.65. The summed E-state index contributed by atoms with van der Waals surface area (Å²) in [5.74, 6) is -0.317. The maximum absolute atomic E-state index is 12.8. The van der Waals surface area contributed by atoms with Gasteiger partial charge in [-0.25, -0.2) is 0 Å². The summed E-state index contributed by atoms with van der Waals surface area (Å²) in [6.45, 7) is 2.16. The lowest BCUT2D eigenvalue weighted by atomic mass is 10.00. The van der Waals surface area contributed by atoms with Gasteiger partial charge in [0.25, 0.3) is 5.91 Å². The van der Waals surface area contributed by atoms with Gasteiger partial charge in [0.1, 0.15) is 11.0 Å². The second-order valence-electron chi connectivity index (χ2n) is 5.80. The molecule has 0 aromatic heterocycles. The molecule has 2 unspecified atom stereocenters. The molecule has 0 saturated carbocycles. The minimum absolute atomic E-state index is 0.118.